The Kier molecular flexibility index (Phi) is 3.12. The van der Waals surface area contributed by atoms with Gasteiger partial charge in [0.15, 0.2) is 4.90 Å². The predicted molar refractivity (Wildman–Crippen MR) is 56.9 cm³/mol. The molecule has 2 N–H and O–H groups in total. The van der Waals surface area contributed by atoms with Gasteiger partial charge in [0.05, 0.1) is 4.92 Å². The molecule has 0 saturated heterocycles. The van der Waals surface area contributed by atoms with Gasteiger partial charge in [-0.2, -0.15) is 0 Å². The van der Waals surface area contributed by atoms with E-state index in [1.807, 2.05) is 0 Å². The van der Waals surface area contributed by atoms with Crippen molar-refractivity contribution in [3.05, 3.63) is 32.3 Å². The monoisotopic (exact) mass is 294 g/mol. The Morgan fingerprint density at radius 3 is 2.40 bits per heavy atom. The highest BCUT2D eigenvalue weighted by molar-refractivity contribution is 9.10. The lowest BCUT2D eigenvalue weighted by molar-refractivity contribution is -0.387. The number of sulfonamides is 1. The zero-order valence-corrected chi connectivity index (χ0v) is 10.0. The van der Waals surface area contributed by atoms with E-state index >= 15 is 0 Å². The highest BCUT2D eigenvalue weighted by atomic mass is 79.9. The van der Waals surface area contributed by atoms with Crippen LogP contribution in [0, 0.1) is 17.0 Å². The van der Waals surface area contributed by atoms with Gasteiger partial charge < -0.3 is 0 Å². The normalized spacial score (nSPS) is 11.4. The zero-order chi connectivity index (χ0) is 11.8. The van der Waals surface area contributed by atoms with Gasteiger partial charge in [0, 0.05) is 10.5 Å². The zero-order valence-electron chi connectivity index (χ0n) is 7.60. The third-order valence-electron chi connectivity index (χ3n) is 1.80. The van der Waals surface area contributed by atoms with Crippen LogP contribution in [0.2, 0.25) is 0 Å². The summed E-state index contributed by atoms with van der Waals surface area (Å²) in [6, 6.07) is 2.50. The summed E-state index contributed by atoms with van der Waals surface area (Å²) in [6.45, 7) is 1.44. The van der Waals surface area contributed by atoms with Gasteiger partial charge in [-0.05, 0) is 18.6 Å². The number of hydrogen-bond donors (Lipinski definition) is 1. The predicted octanol–water partition coefficient (Wildman–Crippen LogP) is 1.31. The number of nitro groups is 1. The molecule has 0 radical (unpaired) electrons. The van der Waals surface area contributed by atoms with Crippen molar-refractivity contribution in [1.82, 2.24) is 0 Å². The fourth-order valence-corrected chi connectivity index (χ4v) is 2.59. The van der Waals surface area contributed by atoms with Crippen molar-refractivity contribution in [3.8, 4) is 0 Å². The Morgan fingerprint density at radius 1 is 1.47 bits per heavy atom. The molecule has 0 atom stereocenters. The standard InChI is InChI=1S/C7H7BrN2O4S/c1-4-5(8)2-3-6(10(11)12)7(4)15(9,13)14/h2-3H,1H3,(H2,9,13,14). The quantitative estimate of drug-likeness (QED) is 0.656. The summed E-state index contributed by atoms with van der Waals surface area (Å²) in [5.41, 5.74) is -0.287. The topological polar surface area (TPSA) is 103 Å². The highest BCUT2D eigenvalue weighted by Crippen LogP contribution is 2.30. The summed E-state index contributed by atoms with van der Waals surface area (Å²) in [4.78, 5) is 9.37. The molecule has 0 unspecified atom stereocenters. The first-order chi connectivity index (χ1) is 6.75. The van der Waals surface area contributed by atoms with Crippen LogP contribution in [-0.2, 0) is 10.0 Å². The molecule has 0 heterocycles. The number of benzene rings is 1. The van der Waals surface area contributed by atoms with Crippen LogP contribution in [-0.4, -0.2) is 13.3 Å². The molecule has 0 aliphatic heterocycles. The Bertz CT molecular complexity index is 526. The van der Waals surface area contributed by atoms with Crippen molar-refractivity contribution < 1.29 is 13.3 Å². The molecule has 6 nitrogen and oxygen atoms in total. The molecule has 1 aromatic rings. The van der Waals surface area contributed by atoms with Gasteiger partial charge in [-0.3, -0.25) is 10.1 Å². The SMILES string of the molecule is Cc1c(Br)ccc([N+](=O)[O-])c1S(N)(=O)=O. The number of rotatable bonds is 2. The van der Waals surface area contributed by atoms with Gasteiger partial charge in [0.2, 0.25) is 10.0 Å². The first-order valence-corrected chi connectivity index (χ1v) is 6.05. The number of hydrogen-bond acceptors (Lipinski definition) is 4. The van der Waals surface area contributed by atoms with Crippen LogP contribution in [0.5, 0.6) is 0 Å². The molecule has 0 bridgehead atoms. The van der Waals surface area contributed by atoms with E-state index in [0.29, 0.717) is 4.47 Å². The van der Waals surface area contributed by atoms with E-state index in [4.69, 9.17) is 5.14 Å². The van der Waals surface area contributed by atoms with Crippen molar-refractivity contribution in [2.45, 2.75) is 11.8 Å². The third kappa shape index (κ3) is 2.33. The molecule has 0 amide bonds. The van der Waals surface area contributed by atoms with E-state index in [1.165, 1.54) is 13.0 Å². The summed E-state index contributed by atoms with van der Waals surface area (Å²) in [5, 5.41) is 15.5. The van der Waals surface area contributed by atoms with Crippen molar-refractivity contribution in [2.75, 3.05) is 0 Å². The molecule has 0 fully saturated rings. The van der Waals surface area contributed by atoms with Gasteiger partial charge in [0.1, 0.15) is 0 Å². The van der Waals surface area contributed by atoms with Gasteiger partial charge in [-0.15, -0.1) is 0 Å². The summed E-state index contributed by atoms with van der Waals surface area (Å²) >= 11 is 3.08. The fourth-order valence-electron chi connectivity index (χ4n) is 1.16. The lowest BCUT2D eigenvalue weighted by Gasteiger charge is -2.05. The molecule has 15 heavy (non-hydrogen) atoms. The number of halogens is 1. The molecule has 0 saturated carbocycles. The van der Waals surface area contributed by atoms with E-state index in [2.05, 4.69) is 15.9 Å². The minimum absolute atomic E-state index is 0.228. The maximum Gasteiger partial charge on any atom is 0.289 e. The van der Waals surface area contributed by atoms with Crippen molar-refractivity contribution in [3.63, 3.8) is 0 Å². The number of primary sulfonamides is 1. The summed E-state index contributed by atoms with van der Waals surface area (Å²) < 4.78 is 22.8. The second-order valence-electron chi connectivity index (χ2n) is 2.82. The maximum atomic E-state index is 11.2. The Balaban J connectivity index is 3.72. The molecule has 1 aromatic carbocycles. The van der Waals surface area contributed by atoms with Crippen LogP contribution in [0.3, 0.4) is 0 Å². The molecular formula is C7H7BrN2O4S. The van der Waals surface area contributed by atoms with Crippen molar-refractivity contribution >= 4 is 31.6 Å². The van der Waals surface area contributed by atoms with Gasteiger partial charge in [-0.25, -0.2) is 13.6 Å². The molecule has 8 heteroatoms. The highest BCUT2D eigenvalue weighted by Gasteiger charge is 2.26. The number of nitrogens with zero attached hydrogens (tertiary/aromatic N) is 1. The van der Waals surface area contributed by atoms with Crippen molar-refractivity contribution in [2.24, 2.45) is 5.14 Å². The first kappa shape index (κ1) is 12.1. The average molecular weight is 295 g/mol. The lowest BCUT2D eigenvalue weighted by Crippen LogP contribution is -2.16. The molecule has 0 aliphatic rings. The second kappa shape index (κ2) is 3.87. The van der Waals surface area contributed by atoms with Crippen LogP contribution in [0.1, 0.15) is 5.56 Å². The lowest BCUT2D eigenvalue weighted by atomic mass is 10.2. The van der Waals surface area contributed by atoms with Crippen molar-refractivity contribution in [1.29, 1.82) is 0 Å². The Labute approximate surface area is 94.4 Å². The summed E-state index contributed by atoms with van der Waals surface area (Å²) in [5.74, 6) is 0. The summed E-state index contributed by atoms with van der Waals surface area (Å²) in [7, 11) is -4.10. The Morgan fingerprint density at radius 2 is 2.00 bits per heavy atom. The minimum atomic E-state index is -4.10. The van der Waals surface area contributed by atoms with E-state index in [9.17, 15) is 18.5 Å². The van der Waals surface area contributed by atoms with E-state index in [-0.39, 0.29) is 5.56 Å². The number of nitro benzene ring substituents is 1. The van der Waals surface area contributed by atoms with Crippen LogP contribution >= 0.6 is 15.9 Å². The summed E-state index contributed by atoms with van der Waals surface area (Å²) in [6.07, 6.45) is 0. The van der Waals surface area contributed by atoms with Crippen LogP contribution in [0.25, 0.3) is 0 Å². The molecule has 0 aliphatic carbocycles. The van der Waals surface area contributed by atoms with E-state index in [0.717, 1.165) is 6.07 Å². The fraction of sp³-hybridized carbons (Fsp3) is 0.143. The average Bonchev–Trinajstić information content (AvgIpc) is 2.06. The first-order valence-electron chi connectivity index (χ1n) is 3.71. The largest absolute Gasteiger partial charge is 0.289 e. The Hall–Kier alpha value is -0.990. The van der Waals surface area contributed by atoms with Gasteiger partial charge >= 0.3 is 0 Å². The van der Waals surface area contributed by atoms with Crippen LogP contribution in [0.4, 0.5) is 5.69 Å². The van der Waals surface area contributed by atoms with E-state index in [1.54, 1.807) is 0 Å². The van der Waals surface area contributed by atoms with Crippen LogP contribution < -0.4 is 5.14 Å². The van der Waals surface area contributed by atoms with Gasteiger partial charge in [0.25, 0.3) is 5.69 Å². The smallest absolute Gasteiger partial charge is 0.258 e. The second-order valence-corrected chi connectivity index (χ2v) is 5.18. The maximum absolute atomic E-state index is 11.2. The molecule has 0 aromatic heterocycles. The molecule has 1 rings (SSSR count). The van der Waals surface area contributed by atoms with Crippen LogP contribution in [0.15, 0.2) is 21.5 Å². The van der Waals surface area contributed by atoms with E-state index < -0.39 is 25.5 Å². The molecule has 82 valence electrons. The number of nitrogens with two attached hydrogens (primary N) is 1. The molecular weight excluding hydrogens is 288 g/mol. The van der Waals surface area contributed by atoms with Gasteiger partial charge in [-0.1, -0.05) is 15.9 Å². The molecule has 0 spiro atoms. The third-order valence-corrected chi connectivity index (χ3v) is 3.74. The minimum Gasteiger partial charge on any atom is -0.258 e.